The molecule has 3 saturated heterocycles. The number of carbonyl (C=O) groups excluding carboxylic acids is 1. The average Bonchev–Trinajstić information content (AvgIpc) is 2.87. The second kappa shape index (κ2) is 11.7. The topological polar surface area (TPSA) is 90.8 Å². The monoisotopic (exact) mass is 473 g/mol. The van der Waals surface area contributed by atoms with Crippen molar-refractivity contribution < 1.29 is 14.6 Å². The van der Waals surface area contributed by atoms with Crippen LogP contribution in [0.5, 0.6) is 0 Å². The summed E-state index contributed by atoms with van der Waals surface area (Å²) in [6.07, 6.45) is 14.0. The van der Waals surface area contributed by atoms with Gasteiger partial charge in [-0.25, -0.2) is 9.97 Å². The lowest BCUT2D eigenvalue weighted by Gasteiger charge is -2.53. The molecule has 190 valence electrons. The molecule has 1 spiro atoms. The van der Waals surface area contributed by atoms with Crippen molar-refractivity contribution in [2.45, 2.75) is 90.4 Å². The molecular weight excluding hydrogens is 430 g/mol. The maximum Gasteiger partial charge on any atom is 0.310 e. The summed E-state index contributed by atoms with van der Waals surface area (Å²) in [5.74, 6) is 0.683. The minimum absolute atomic E-state index is 0.0313. The van der Waals surface area contributed by atoms with Gasteiger partial charge in [0, 0.05) is 38.1 Å². The molecule has 8 heteroatoms. The van der Waals surface area contributed by atoms with Gasteiger partial charge in [-0.05, 0) is 32.1 Å². The maximum atomic E-state index is 12.6. The van der Waals surface area contributed by atoms with Crippen LogP contribution in [0.2, 0.25) is 0 Å². The van der Waals surface area contributed by atoms with Gasteiger partial charge in [-0.1, -0.05) is 46.0 Å². The summed E-state index contributed by atoms with van der Waals surface area (Å²) in [5.41, 5.74) is 1.07. The molecule has 2 unspecified atom stereocenters. The van der Waals surface area contributed by atoms with Gasteiger partial charge in [-0.2, -0.15) is 0 Å². The van der Waals surface area contributed by atoms with Crippen LogP contribution in [0, 0.1) is 11.3 Å². The molecule has 0 aromatic carbocycles. The molecule has 1 aromatic heterocycles. The van der Waals surface area contributed by atoms with Crippen molar-refractivity contribution in [2.75, 3.05) is 42.5 Å². The molecular formula is C26H43N5O3. The van der Waals surface area contributed by atoms with E-state index in [1.807, 2.05) is 19.3 Å². The van der Waals surface area contributed by atoms with E-state index in [4.69, 9.17) is 4.74 Å². The van der Waals surface area contributed by atoms with Gasteiger partial charge < -0.3 is 19.6 Å². The van der Waals surface area contributed by atoms with E-state index >= 15 is 0 Å². The fourth-order valence-electron chi connectivity index (χ4n) is 5.40. The third-order valence-corrected chi connectivity index (χ3v) is 8.07. The summed E-state index contributed by atoms with van der Waals surface area (Å²) in [4.78, 5) is 26.4. The van der Waals surface area contributed by atoms with Gasteiger partial charge >= 0.3 is 5.97 Å². The highest BCUT2D eigenvalue weighted by molar-refractivity contribution is 5.72. The van der Waals surface area contributed by atoms with Gasteiger partial charge in [0.2, 0.25) is 5.95 Å². The van der Waals surface area contributed by atoms with E-state index in [1.54, 1.807) is 0 Å². The summed E-state index contributed by atoms with van der Waals surface area (Å²) >= 11 is 0. The van der Waals surface area contributed by atoms with Gasteiger partial charge in [0.1, 0.15) is 0 Å². The fraction of sp³-hybridized carbons (Fsp3) is 0.808. The molecule has 3 aliphatic heterocycles. The number of aromatic nitrogens is 2. The van der Waals surface area contributed by atoms with Crippen LogP contribution >= 0.6 is 0 Å². The Labute approximate surface area is 204 Å². The van der Waals surface area contributed by atoms with Gasteiger partial charge in [0.25, 0.3) is 0 Å². The van der Waals surface area contributed by atoms with Crippen molar-refractivity contribution in [3.8, 4) is 0 Å². The van der Waals surface area contributed by atoms with E-state index in [0.29, 0.717) is 0 Å². The SMILES string of the molecule is CCCCCCCC(C)C(=O)OC1NCC12CCN(c1ncc(N3CCC(O)CC3)cn1)CC2. The van der Waals surface area contributed by atoms with E-state index in [2.05, 4.69) is 32.0 Å². The number of anilines is 2. The van der Waals surface area contributed by atoms with Crippen molar-refractivity contribution in [3.05, 3.63) is 12.4 Å². The van der Waals surface area contributed by atoms with Crippen LogP contribution in [-0.2, 0) is 9.53 Å². The molecule has 4 rings (SSSR count). The summed E-state index contributed by atoms with van der Waals surface area (Å²) in [6.45, 7) is 8.57. The van der Waals surface area contributed by atoms with E-state index < -0.39 is 0 Å². The van der Waals surface area contributed by atoms with Crippen LogP contribution in [0.25, 0.3) is 0 Å². The average molecular weight is 474 g/mol. The van der Waals surface area contributed by atoms with Crippen molar-refractivity contribution in [1.29, 1.82) is 0 Å². The molecule has 3 fully saturated rings. The summed E-state index contributed by atoms with van der Waals surface area (Å²) < 4.78 is 5.93. The zero-order chi connectivity index (χ0) is 24.0. The Morgan fingerprint density at radius 1 is 1.12 bits per heavy atom. The number of hydrogen-bond acceptors (Lipinski definition) is 8. The van der Waals surface area contributed by atoms with Crippen LogP contribution in [0.15, 0.2) is 12.4 Å². The van der Waals surface area contributed by atoms with Gasteiger partial charge in [0.15, 0.2) is 6.23 Å². The third kappa shape index (κ3) is 6.00. The molecule has 2 N–H and O–H groups in total. The van der Waals surface area contributed by atoms with Gasteiger partial charge in [-0.3, -0.25) is 10.1 Å². The number of nitrogens with one attached hydrogen (secondary N) is 1. The van der Waals surface area contributed by atoms with Crippen molar-refractivity contribution in [2.24, 2.45) is 11.3 Å². The Bertz CT molecular complexity index is 773. The first-order valence-electron chi connectivity index (χ1n) is 13.4. The molecule has 0 radical (unpaired) electrons. The van der Waals surface area contributed by atoms with E-state index in [-0.39, 0.29) is 29.6 Å². The van der Waals surface area contributed by atoms with Crippen molar-refractivity contribution in [3.63, 3.8) is 0 Å². The first-order chi connectivity index (χ1) is 16.5. The van der Waals surface area contributed by atoms with Crippen LogP contribution in [-0.4, -0.2) is 66.1 Å². The quantitative estimate of drug-likeness (QED) is 0.394. The first-order valence-corrected chi connectivity index (χ1v) is 13.4. The number of unbranched alkanes of at least 4 members (excludes halogenated alkanes) is 4. The zero-order valence-corrected chi connectivity index (χ0v) is 21.0. The Morgan fingerprint density at radius 3 is 2.41 bits per heavy atom. The normalized spacial score (nSPS) is 23.6. The molecule has 3 aliphatic rings. The highest BCUT2D eigenvalue weighted by atomic mass is 16.6. The Morgan fingerprint density at radius 2 is 1.79 bits per heavy atom. The second-order valence-electron chi connectivity index (χ2n) is 10.6. The van der Waals surface area contributed by atoms with E-state index in [9.17, 15) is 9.90 Å². The predicted octanol–water partition coefficient (Wildman–Crippen LogP) is 3.49. The Balaban J connectivity index is 1.22. The number of carbonyl (C=O) groups is 1. The number of rotatable bonds is 10. The van der Waals surface area contributed by atoms with Crippen LogP contribution in [0.4, 0.5) is 11.6 Å². The molecule has 1 aromatic rings. The predicted molar refractivity (Wildman–Crippen MR) is 134 cm³/mol. The highest BCUT2D eigenvalue weighted by Crippen LogP contribution is 2.41. The number of esters is 1. The number of hydrogen-bond donors (Lipinski definition) is 2. The van der Waals surface area contributed by atoms with Crippen LogP contribution in [0.1, 0.15) is 78.1 Å². The fourth-order valence-corrected chi connectivity index (χ4v) is 5.40. The summed E-state index contributed by atoms with van der Waals surface area (Å²) in [6, 6.07) is 0. The smallest absolute Gasteiger partial charge is 0.310 e. The molecule has 2 atom stereocenters. The molecule has 34 heavy (non-hydrogen) atoms. The molecule has 4 heterocycles. The van der Waals surface area contributed by atoms with Crippen LogP contribution in [0.3, 0.4) is 0 Å². The summed E-state index contributed by atoms with van der Waals surface area (Å²) in [5, 5.41) is 13.1. The lowest BCUT2D eigenvalue weighted by molar-refractivity contribution is -0.179. The van der Waals surface area contributed by atoms with Gasteiger partial charge in [-0.15, -0.1) is 0 Å². The van der Waals surface area contributed by atoms with Crippen molar-refractivity contribution >= 4 is 17.6 Å². The Hall–Kier alpha value is -1.93. The number of aliphatic hydroxyl groups excluding tert-OH is 1. The summed E-state index contributed by atoms with van der Waals surface area (Å²) in [7, 11) is 0. The molecule has 8 nitrogen and oxygen atoms in total. The number of nitrogens with zero attached hydrogens (tertiary/aromatic N) is 4. The molecule has 0 bridgehead atoms. The lowest BCUT2D eigenvalue weighted by Crippen LogP contribution is -2.67. The second-order valence-corrected chi connectivity index (χ2v) is 10.6. The van der Waals surface area contributed by atoms with E-state index in [0.717, 1.165) is 82.9 Å². The number of ether oxygens (including phenoxy) is 1. The standard InChI is InChI=1S/C26H43N5O3/c1-3-4-5-6-7-8-20(2)23(33)34-24-26(19-29-24)11-15-31(16-12-26)25-27-17-21(18-28-25)30-13-9-22(32)10-14-30/h17-18,20,22,24,29,32H,3-16,19H2,1-2H3. The highest BCUT2D eigenvalue weighted by Gasteiger charge is 2.51. The number of aliphatic hydroxyl groups is 1. The Kier molecular flexibility index (Phi) is 8.64. The van der Waals surface area contributed by atoms with Crippen molar-refractivity contribution in [1.82, 2.24) is 15.3 Å². The first kappa shape index (κ1) is 25.2. The zero-order valence-electron chi connectivity index (χ0n) is 21.0. The lowest BCUT2D eigenvalue weighted by atomic mass is 9.71. The minimum atomic E-state index is -0.181. The maximum absolute atomic E-state index is 12.6. The number of piperidine rings is 2. The third-order valence-electron chi connectivity index (χ3n) is 8.07. The van der Waals surface area contributed by atoms with Crippen LogP contribution < -0.4 is 15.1 Å². The molecule has 0 saturated carbocycles. The van der Waals surface area contributed by atoms with E-state index in [1.165, 1.54) is 25.7 Å². The molecule has 0 amide bonds. The minimum Gasteiger partial charge on any atom is -0.446 e. The molecule has 0 aliphatic carbocycles. The van der Waals surface area contributed by atoms with Gasteiger partial charge in [0.05, 0.1) is 30.1 Å². The largest absolute Gasteiger partial charge is 0.446 e.